The Balaban J connectivity index is 2.53. The number of halogens is 1. The van der Waals surface area contributed by atoms with Crippen LogP contribution in [0.4, 0.5) is 9.18 Å². The highest BCUT2D eigenvalue weighted by atomic mass is 19.1. The molecule has 1 atom stereocenters. The van der Waals surface area contributed by atoms with Crippen molar-refractivity contribution in [2.75, 3.05) is 26.3 Å². The van der Waals surface area contributed by atoms with Crippen molar-refractivity contribution in [2.24, 2.45) is 0 Å². The molecule has 1 amide bonds. The number of alkyl halides is 1. The molecule has 1 fully saturated rings. The van der Waals surface area contributed by atoms with Crippen molar-refractivity contribution in [3.8, 4) is 0 Å². The minimum atomic E-state index is -1.70. The monoisotopic (exact) mass is 301 g/mol. The zero-order valence-electron chi connectivity index (χ0n) is 12.8. The maximum Gasteiger partial charge on any atom is 0.409 e. The summed E-state index contributed by atoms with van der Waals surface area (Å²) in [5.74, 6) is -0.572. The topological polar surface area (TPSA) is 55.8 Å². The van der Waals surface area contributed by atoms with Gasteiger partial charge in [0.2, 0.25) is 0 Å². The molecule has 1 rings (SSSR count). The Labute approximate surface area is 125 Å². The molecule has 1 saturated heterocycles. The fraction of sp³-hybridized carbons (Fsp3) is 0.733. The molecule has 0 aromatic carbocycles. The summed E-state index contributed by atoms with van der Waals surface area (Å²) >= 11 is 0. The molecule has 1 aliphatic heterocycles. The van der Waals surface area contributed by atoms with Gasteiger partial charge in [0, 0.05) is 12.6 Å². The summed E-state index contributed by atoms with van der Waals surface area (Å²) in [4.78, 5) is 24.4. The summed E-state index contributed by atoms with van der Waals surface area (Å²) in [5, 5.41) is 0. The van der Waals surface area contributed by atoms with E-state index >= 15 is 0 Å². The van der Waals surface area contributed by atoms with Gasteiger partial charge in [0.25, 0.3) is 0 Å². The molecule has 0 aromatic heterocycles. The quantitative estimate of drug-likeness (QED) is 0.430. The minimum Gasteiger partial charge on any atom is -0.463 e. The number of carbonyl (C=O) groups excluding carboxylic acids is 2. The Morgan fingerprint density at radius 2 is 2.10 bits per heavy atom. The molecule has 0 saturated carbocycles. The lowest BCUT2D eigenvalue weighted by molar-refractivity contribution is -0.137. The third-order valence-electron chi connectivity index (χ3n) is 3.26. The van der Waals surface area contributed by atoms with Crippen molar-refractivity contribution in [1.82, 2.24) is 4.90 Å². The molecule has 120 valence electrons. The van der Waals surface area contributed by atoms with E-state index in [9.17, 15) is 14.0 Å². The Morgan fingerprint density at radius 3 is 2.76 bits per heavy atom. The molecule has 1 aliphatic rings. The highest BCUT2D eigenvalue weighted by Gasteiger charge is 2.35. The summed E-state index contributed by atoms with van der Waals surface area (Å²) in [5.41, 5.74) is -1.70. The summed E-state index contributed by atoms with van der Waals surface area (Å²) in [6, 6.07) is 0. The van der Waals surface area contributed by atoms with Gasteiger partial charge in [-0.1, -0.05) is 13.3 Å². The van der Waals surface area contributed by atoms with Crippen molar-refractivity contribution in [1.29, 1.82) is 0 Å². The third-order valence-corrected chi connectivity index (χ3v) is 3.26. The van der Waals surface area contributed by atoms with E-state index in [1.807, 2.05) is 6.92 Å². The lowest BCUT2D eigenvalue weighted by Gasteiger charge is -2.34. The largest absolute Gasteiger partial charge is 0.463 e. The van der Waals surface area contributed by atoms with E-state index in [4.69, 9.17) is 9.47 Å². The first-order valence-electron chi connectivity index (χ1n) is 7.47. The number of carbonyl (C=O) groups is 2. The van der Waals surface area contributed by atoms with E-state index in [0.29, 0.717) is 19.6 Å². The zero-order chi connectivity index (χ0) is 15.7. The second-order valence-electron chi connectivity index (χ2n) is 5.11. The predicted molar refractivity (Wildman–Crippen MR) is 76.7 cm³/mol. The average molecular weight is 301 g/mol. The number of amides is 1. The molecule has 1 unspecified atom stereocenters. The van der Waals surface area contributed by atoms with Gasteiger partial charge < -0.3 is 14.4 Å². The highest BCUT2D eigenvalue weighted by molar-refractivity contribution is 5.82. The number of unbranched alkanes of at least 4 members (excludes halogenated alkanes) is 1. The first kappa shape index (κ1) is 17.5. The summed E-state index contributed by atoms with van der Waals surface area (Å²) in [7, 11) is 0. The molecular weight excluding hydrogens is 277 g/mol. The number of ether oxygens (including phenoxy) is 2. The number of nitrogens with zero attached hydrogens (tertiary/aromatic N) is 1. The van der Waals surface area contributed by atoms with Crippen LogP contribution in [-0.2, 0) is 14.3 Å². The molecule has 1 heterocycles. The van der Waals surface area contributed by atoms with Gasteiger partial charge in [0.05, 0.1) is 19.8 Å². The van der Waals surface area contributed by atoms with Crippen molar-refractivity contribution in [3.63, 3.8) is 0 Å². The Kier molecular flexibility index (Phi) is 7.19. The van der Waals surface area contributed by atoms with Crippen molar-refractivity contribution in [2.45, 2.75) is 45.2 Å². The Hall–Kier alpha value is -1.59. The maximum atomic E-state index is 14.6. The van der Waals surface area contributed by atoms with Crippen LogP contribution in [0.1, 0.15) is 39.5 Å². The first-order valence-corrected chi connectivity index (χ1v) is 7.47. The van der Waals surface area contributed by atoms with Crippen LogP contribution in [0.5, 0.6) is 0 Å². The summed E-state index contributed by atoms with van der Waals surface area (Å²) in [6.07, 6.45) is 4.33. The van der Waals surface area contributed by atoms with Crippen molar-refractivity contribution in [3.05, 3.63) is 12.2 Å². The van der Waals surface area contributed by atoms with Gasteiger partial charge in [-0.15, -0.1) is 0 Å². The van der Waals surface area contributed by atoms with Gasteiger partial charge in [0.15, 0.2) is 0 Å². The molecule has 0 spiro atoms. The molecule has 0 N–H and O–H groups in total. The number of likely N-dealkylation sites (tertiary alicyclic amines) is 1. The van der Waals surface area contributed by atoms with Crippen molar-refractivity contribution >= 4 is 12.1 Å². The second kappa shape index (κ2) is 8.64. The SMILES string of the molecule is CCCCOC(=O)N1CCCC(F)(C=CC(=O)OCC)C1. The molecule has 0 aliphatic carbocycles. The van der Waals surface area contributed by atoms with Gasteiger partial charge >= 0.3 is 12.1 Å². The molecule has 6 heteroatoms. The molecule has 0 bridgehead atoms. The Morgan fingerprint density at radius 1 is 1.33 bits per heavy atom. The zero-order valence-corrected chi connectivity index (χ0v) is 12.8. The van der Waals surface area contributed by atoms with Crippen LogP contribution in [0.25, 0.3) is 0 Å². The summed E-state index contributed by atoms with van der Waals surface area (Å²) < 4.78 is 24.4. The van der Waals surface area contributed by atoms with E-state index in [0.717, 1.165) is 18.9 Å². The standard InChI is InChI=1S/C15H24FNO4/c1-3-5-11-21-14(19)17-10-6-8-15(16,12-17)9-7-13(18)20-4-2/h7,9H,3-6,8,10-12H2,1-2H3. The molecular formula is C15H24FNO4. The van der Waals surface area contributed by atoms with Crippen LogP contribution in [0.3, 0.4) is 0 Å². The van der Waals surface area contributed by atoms with Gasteiger partial charge in [-0.25, -0.2) is 14.0 Å². The third kappa shape index (κ3) is 6.14. The minimum absolute atomic E-state index is 0.0894. The van der Waals surface area contributed by atoms with Crippen molar-refractivity contribution < 1.29 is 23.5 Å². The van der Waals surface area contributed by atoms with E-state index < -0.39 is 17.7 Å². The normalized spacial score (nSPS) is 22.3. The smallest absolute Gasteiger partial charge is 0.409 e. The van der Waals surface area contributed by atoms with E-state index in [1.165, 1.54) is 11.0 Å². The van der Waals surface area contributed by atoms with Crippen LogP contribution in [0.15, 0.2) is 12.2 Å². The van der Waals surface area contributed by atoms with Gasteiger partial charge in [0.1, 0.15) is 5.67 Å². The molecule has 0 aromatic rings. The van der Waals surface area contributed by atoms with E-state index in [1.54, 1.807) is 6.92 Å². The molecule has 21 heavy (non-hydrogen) atoms. The van der Waals surface area contributed by atoms with E-state index in [-0.39, 0.29) is 19.6 Å². The fourth-order valence-corrected chi connectivity index (χ4v) is 2.13. The van der Waals surface area contributed by atoms with Gasteiger partial charge in [-0.05, 0) is 32.3 Å². The second-order valence-corrected chi connectivity index (χ2v) is 5.11. The highest BCUT2D eigenvalue weighted by Crippen LogP contribution is 2.27. The van der Waals surface area contributed by atoms with Crippen LogP contribution in [0.2, 0.25) is 0 Å². The van der Waals surface area contributed by atoms with Gasteiger partial charge in [-0.2, -0.15) is 0 Å². The van der Waals surface area contributed by atoms with Gasteiger partial charge in [-0.3, -0.25) is 0 Å². The number of esters is 1. The first-order chi connectivity index (χ1) is 10.0. The molecule has 5 nitrogen and oxygen atoms in total. The number of hydrogen-bond acceptors (Lipinski definition) is 4. The van der Waals surface area contributed by atoms with Crippen LogP contribution >= 0.6 is 0 Å². The van der Waals surface area contributed by atoms with Crippen LogP contribution in [0, 0.1) is 0 Å². The molecule has 0 radical (unpaired) electrons. The predicted octanol–water partition coefficient (Wildman–Crippen LogP) is 2.85. The average Bonchev–Trinajstić information content (AvgIpc) is 2.46. The lowest BCUT2D eigenvalue weighted by atomic mass is 9.94. The van der Waals surface area contributed by atoms with E-state index in [2.05, 4.69) is 0 Å². The fourth-order valence-electron chi connectivity index (χ4n) is 2.13. The number of piperidine rings is 1. The summed E-state index contributed by atoms with van der Waals surface area (Å²) in [6.45, 7) is 4.67. The lowest BCUT2D eigenvalue weighted by Crippen LogP contribution is -2.47. The number of rotatable bonds is 6. The maximum absolute atomic E-state index is 14.6. The van der Waals surface area contributed by atoms with Crippen LogP contribution < -0.4 is 0 Å². The Bertz CT molecular complexity index is 386. The number of hydrogen-bond donors (Lipinski definition) is 0. The van der Waals surface area contributed by atoms with Crippen LogP contribution in [-0.4, -0.2) is 48.9 Å².